The maximum absolute atomic E-state index is 13.6. The van der Waals surface area contributed by atoms with Gasteiger partial charge in [-0.05, 0) is 49.2 Å². The molecular weight excluding hydrogens is 458 g/mol. The number of aromatic nitrogens is 1. The Labute approximate surface area is 204 Å². The van der Waals surface area contributed by atoms with Gasteiger partial charge in [0, 0.05) is 36.8 Å². The summed E-state index contributed by atoms with van der Waals surface area (Å²) in [5.41, 5.74) is 1.45. The van der Waals surface area contributed by atoms with Crippen LogP contribution < -0.4 is 9.64 Å². The van der Waals surface area contributed by atoms with Crippen LogP contribution >= 0.6 is 22.9 Å². The van der Waals surface area contributed by atoms with Crippen LogP contribution in [0.25, 0.3) is 10.2 Å². The minimum atomic E-state index is -0.0666. The second-order valence-corrected chi connectivity index (χ2v) is 9.55. The number of fused-ring (bicyclic) bond motifs is 1. The van der Waals surface area contributed by atoms with Gasteiger partial charge in [-0.3, -0.25) is 14.6 Å². The molecule has 1 amide bonds. The van der Waals surface area contributed by atoms with Gasteiger partial charge in [0.1, 0.15) is 5.75 Å². The predicted molar refractivity (Wildman–Crippen MR) is 135 cm³/mol. The molecule has 3 aromatic rings. The Morgan fingerprint density at radius 1 is 1.21 bits per heavy atom. The first-order valence-corrected chi connectivity index (χ1v) is 12.7. The third-order valence-corrected chi connectivity index (χ3v) is 6.90. The molecule has 1 saturated heterocycles. The van der Waals surface area contributed by atoms with E-state index in [0.717, 1.165) is 68.1 Å². The Bertz CT molecular complexity index is 1070. The molecule has 0 N–H and O–H groups in total. The van der Waals surface area contributed by atoms with E-state index < -0.39 is 0 Å². The molecule has 8 heteroatoms. The third kappa shape index (κ3) is 6.44. The molecule has 0 atom stereocenters. The van der Waals surface area contributed by atoms with E-state index in [9.17, 15) is 4.79 Å². The molecule has 0 saturated carbocycles. The van der Waals surface area contributed by atoms with Crippen molar-refractivity contribution in [3.63, 3.8) is 0 Å². The maximum Gasteiger partial charge on any atom is 0.260 e. The smallest absolute Gasteiger partial charge is 0.260 e. The molecule has 2 aromatic carbocycles. The number of unbranched alkanes of at least 4 members (excludes halogenated alkanes) is 1. The van der Waals surface area contributed by atoms with Crippen molar-refractivity contribution in [2.45, 2.75) is 26.2 Å². The number of hydrogen-bond acceptors (Lipinski definition) is 6. The lowest BCUT2D eigenvalue weighted by atomic mass is 10.2. The standard InChI is InChI=1S/C25H30ClN3O3S/c1-2-3-14-32-21-7-4-6-19(17-21)24(30)29(11-5-10-28-12-15-31-16-13-28)25-27-22-9-8-20(26)18-23(22)33-25/h4,6-9,17-18H,2-3,5,10-16H2,1H3. The van der Waals surface area contributed by atoms with Gasteiger partial charge in [0.2, 0.25) is 0 Å². The molecule has 1 aliphatic rings. The number of ether oxygens (including phenoxy) is 2. The lowest BCUT2D eigenvalue weighted by molar-refractivity contribution is 0.0376. The minimum absolute atomic E-state index is 0.0666. The van der Waals surface area contributed by atoms with Gasteiger partial charge in [-0.1, -0.05) is 42.3 Å². The van der Waals surface area contributed by atoms with Crippen LogP contribution in [-0.2, 0) is 4.74 Å². The van der Waals surface area contributed by atoms with E-state index in [-0.39, 0.29) is 5.91 Å². The summed E-state index contributed by atoms with van der Waals surface area (Å²) < 4.78 is 12.2. The first-order valence-electron chi connectivity index (χ1n) is 11.5. The second kappa shape index (κ2) is 11.8. The van der Waals surface area contributed by atoms with E-state index in [4.69, 9.17) is 26.1 Å². The number of hydrogen-bond donors (Lipinski definition) is 0. The lowest BCUT2D eigenvalue weighted by Gasteiger charge is -2.27. The van der Waals surface area contributed by atoms with Crippen LogP contribution in [0.2, 0.25) is 5.02 Å². The third-order valence-electron chi connectivity index (χ3n) is 5.62. The zero-order valence-electron chi connectivity index (χ0n) is 19.0. The Hall–Kier alpha value is -2.19. The highest BCUT2D eigenvalue weighted by Gasteiger charge is 2.22. The number of carbonyl (C=O) groups excluding carboxylic acids is 1. The number of carbonyl (C=O) groups is 1. The average molecular weight is 488 g/mol. The molecule has 0 radical (unpaired) electrons. The number of amides is 1. The SMILES string of the molecule is CCCCOc1cccc(C(=O)N(CCCN2CCOCC2)c2nc3ccc(Cl)cc3s2)c1. The fourth-order valence-corrected chi connectivity index (χ4v) is 5.04. The number of nitrogens with zero attached hydrogens (tertiary/aromatic N) is 3. The van der Waals surface area contributed by atoms with Crippen molar-refractivity contribution in [1.29, 1.82) is 0 Å². The zero-order valence-corrected chi connectivity index (χ0v) is 20.5. The Kier molecular flexibility index (Phi) is 8.56. The summed E-state index contributed by atoms with van der Waals surface area (Å²) in [6.45, 7) is 7.70. The molecule has 176 valence electrons. The quantitative estimate of drug-likeness (QED) is 0.353. The number of benzene rings is 2. The van der Waals surface area contributed by atoms with Crippen LogP contribution in [0.5, 0.6) is 5.75 Å². The van der Waals surface area contributed by atoms with Crippen LogP contribution in [0, 0.1) is 0 Å². The predicted octanol–water partition coefficient (Wildman–Crippen LogP) is 5.50. The van der Waals surface area contributed by atoms with Crippen LogP contribution in [0.3, 0.4) is 0 Å². The number of morpholine rings is 1. The van der Waals surface area contributed by atoms with E-state index >= 15 is 0 Å². The van der Waals surface area contributed by atoms with Gasteiger partial charge < -0.3 is 9.47 Å². The largest absolute Gasteiger partial charge is 0.494 e. The van der Waals surface area contributed by atoms with Gasteiger partial charge in [0.15, 0.2) is 5.13 Å². The molecule has 33 heavy (non-hydrogen) atoms. The number of thiazole rings is 1. The fourth-order valence-electron chi connectivity index (χ4n) is 3.77. The molecule has 4 rings (SSSR count). The Morgan fingerprint density at radius 3 is 2.88 bits per heavy atom. The molecule has 0 aliphatic carbocycles. The summed E-state index contributed by atoms with van der Waals surface area (Å²) in [5.74, 6) is 0.654. The van der Waals surface area contributed by atoms with Gasteiger partial charge in [0.25, 0.3) is 5.91 Å². The van der Waals surface area contributed by atoms with Crippen molar-refractivity contribution in [3.8, 4) is 5.75 Å². The van der Waals surface area contributed by atoms with Gasteiger partial charge in [-0.15, -0.1) is 0 Å². The number of rotatable bonds is 10. The number of anilines is 1. The highest BCUT2D eigenvalue weighted by Crippen LogP contribution is 2.32. The molecule has 0 unspecified atom stereocenters. The van der Waals surface area contributed by atoms with Crippen LogP contribution in [-0.4, -0.2) is 61.8 Å². The monoisotopic (exact) mass is 487 g/mol. The molecule has 1 aromatic heterocycles. The first kappa shape index (κ1) is 24.0. The van der Waals surface area contributed by atoms with Gasteiger partial charge in [0.05, 0.1) is 30.0 Å². The molecular formula is C25H30ClN3O3S. The summed E-state index contributed by atoms with van der Waals surface area (Å²) in [6, 6.07) is 13.1. The number of halogens is 1. The van der Waals surface area contributed by atoms with Crippen LogP contribution in [0.4, 0.5) is 5.13 Å². The summed E-state index contributed by atoms with van der Waals surface area (Å²) in [4.78, 5) is 22.6. The van der Waals surface area contributed by atoms with Gasteiger partial charge in [-0.2, -0.15) is 0 Å². The van der Waals surface area contributed by atoms with Crippen molar-refractivity contribution in [3.05, 3.63) is 53.1 Å². The minimum Gasteiger partial charge on any atom is -0.494 e. The molecule has 1 fully saturated rings. The highest BCUT2D eigenvalue weighted by atomic mass is 35.5. The molecule has 0 bridgehead atoms. The maximum atomic E-state index is 13.6. The van der Waals surface area contributed by atoms with E-state index in [1.807, 2.05) is 42.5 Å². The van der Waals surface area contributed by atoms with Crippen LogP contribution in [0.1, 0.15) is 36.5 Å². The average Bonchev–Trinajstić information content (AvgIpc) is 3.25. The normalized spacial score (nSPS) is 14.5. The summed E-state index contributed by atoms with van der Waals surface area (Å²) in [6.07, 6.45) is 2.91. The molecule has 0 spiro atoms. The summed E-state index contributed by atoms with van der Waals surface area (Å²) >= 11 is 7.67. The van der Waals surface area contributed by atoms with Crippen molar-refractivity contribution < 1.29 is 14.3 Å². The highest BCUT2D eigenvalue weighted by molar-refractivity contribution is 7.22. The van der Waals surface area contributed by atoms with E-state index in [2.05, 4.69) is 11.8 Å². The summed E-state index contributed by atoms with van der Waals surface area (Å²) in [7, 11) is 0. The van der Waals surface area contributed by atoms with Crippen molar-refractivity contribution in [2.75, 3.05) is 50.9 Å². The topological polar surface area (TPSA) is 54.9 Å². The molecule has 6 nitrogen and oxygen atoms in total. The zero-order chi connectivity index (χ0) is 23.0. The summed E-state index contributed by atoms with van der Waals surface area (Å²) in [5, 5.41) is 1.36. The van der Waals surface area contributed by atoms with Crippen LogP contribution in [0.15, 0.2) is 42.5 Å². The van der Waals surface area contributed by atoms with E-state index in [1.54, 1.807) is 4.90 Å². The van der Waals surface area contributed by atoms with Crippen molar-refractivity contribution in [2.24, 2.45) is 0 Å². The first-order chi connectivity index (χ1) is 16.1. The molecule has 1 aliphatic heterocycles. The molecule has 2 heterocycles. The Morgan fingerprint density at radius 2 is 2.06 bits per heavy atom. The van der Waals surface area contributed by atoms with E-state index in [0.29, 0.717) is 28.9 Å². The van der Waals surface area contributed by atoms with Gasteiger partial charge in [-0.25, -0.2) is 4.98 Å². The Balaban J connectivity index is 1.54. The van der Waals surface area contributed by atoms with Gasteiger partial charge >= 0.3 is 0 Å². The van der Waals surface area contributed by atoms with Crippen molar-refractivity contribution in [1.82, 2.24) is 9.88 Å². The van der Waals surface area contributed by atoms with Crippen molar-refractivity contribution >= 4 is 44.2 Å². The second-order valence-electron chi connectivity index (χ2n) is 8.10. The lowest BCUT2D eigenvalue weighted by Crippen LogP contribution is -2.39. The fraction of sp³-hybridized carbons (Fsp3) is 0.440. The van der Waals surface area contributed by atoms with E-state index in [1.165, 1.54) is 11.3 Å².